The molecule has 0 saturated carbocycles. The number of carbonyl (C=O) groups is 1. The number of nitrogens with one attached hydrogen (secondary N) is 1. The van der Waals surface area contributed by atoms with Crippen molar-refractivity contribution in [2.45, 2.75) is 13.1 Å². The van der Waals surface area contributed by atoms with Gasteiger partial charge in [0.15, 0.2) is 0 Å². The van der Waals surface area contributed by atoms with Crippen LogP contribution in [0.4, 0.5) is 0 Å². The second-order valence-electron chi connectivity index (χ2n) is 5.48. The molecule has 0 atom stereocenters. The first-order chi connectivity index (χ1) is 12.1. The van der Waals surface area contributed by atoms with Crippen molar-refractivity contribution >= 4 is 17.5 Å². The van der Waals surface area contributed by atoms with E-state index in [0.717, 1.165) is 15.8 Å². The summed E-state index contributed by atoms with van der Waals surface area (Å²) in [4.78, 5) is 24.1. The molecule has 1 amide bonds. The first-order valence-corrected chi connectivity index (χ1v) is 8.14. The first-order valence-electron chi connectivity index (χ1n) is 7.76. The zero-order valence-electron chi connectivity index (χ0n) is 13.4. The van der Waals surface area contributed by atoms with Crippen molar-refractivity contribution in [1.29, 1.82) is 0 Å². The Bertz CT molecular complexity index is 921. The van der Waals surface area contributed by atoms with Crippen molar-refractivity contribution < 1.29 is 4.79 Å². The van der Waals surface area contributed by atoms with E-state index in [1.165, 1.54) is 6.07 Å². The fourth-order valence-corrected chi connectivity index (χ4v) is 2.45. The van der Waals surface area contributed by atoms with Gasteiger partial charge in [-0.25, -0.2) is 4.68 Å². The molecule has 0 fully saturated rings. The Balaban J connectivity index is 1.71. The molecule has 0 bridgehead atoms. The fraction of sp³-hybridized carbons (Fsp3) is 0.105. The van der Waals surface area contributed by atoms with Gasteiger partial charge in [-0.15, -0.1) is 0 Å². The summed E-state index contributed by atoms with van der Waals surface area (Å²) in [5.74, 6) is -0.272. The number of rotatable bonds is 5. The molecule has 0 saturated heterocycles. The molecule has 0 aliphatic rings. The van der Waals surface area contributed by atoms with Gasteiger partial charge in [0.1, 0.15) is 6.54 Å². The number of hydrogen-bond acceptors (Lipinski definition) is 3. The van der Waals surface area contributed by atoms with Gasteiger partial charge in [-0.1, -0.05) is 54.1 Å². The molecule has 3 aromatic rings. The molecule has 126 valence electrons. The van der Waals surface area contributed by atoms with Crippen LogP contribution in [0.1, 0.15) is 5.56 Å². The van der Waals surface area contributed by atoms with E-state index >= 15 is 0 Å². The molecule has 0 unspecified atom stereocenters. The summed E-state index contributed by atoms with van der Waals surface area (Å²) < 4.78 is 1.16. The predicted molar refractivity (Wildman–Crippen MR) is 97.2 cm³/mol. The molecule has 1 N–H and O–H groups in total. The van der Waals surface area contributed by atoms with Gasteiger partial charge in [-0.3, -0.25) is 9.59 Å². The molecule has 1 heterocycles. The van der Waals surface area contributed by atoms with Crippen LogP contribution in [0.25, 0.3) is 11.3 Å². The maximum atomic E-state index is 12.1. The Kier molecular flexibility index (Phi) is 5.26. The van der Waals surface area contributed by atoms with E-state index in [1.54, 1.807) is 18.2 Å². The molecular weight excluding hydrogens is 338 g/mol. The average Bonchev–Trinajstić information content (AvgIpc) is 2.63. The Morgan fingerprint density at radius 2 is 1.72 bits per heavy atom. The lowest BCUT2D eigenvalue weighted by Gasteiger charge is -2.08. The minimum atomic E-state index is -0.326. The van der Waals surface area contributed by atoms with Crippen molar-refractivity contribution in [2.24, 2.45) is 0 Å². The Labute approximate surface area is 149 Å². The second-order valence-corrected chi connectivity index (χ2v) is 5.92. The third kappa shape index (κ3) is 4.55. The molecule has 2 aromatic carbocycles. The van der Waals surface area contributed by atoms with E-state index < -0.39 is 0 Å². The van der Waals surface area contributed by atoms with E-state index in [2.05, 4.69) is 10.4 Å². The lowest BCUT2D eigenvalue weighted by molar-refractivity contribution is -0.122. The van der Waals surface area contributed by atoms with Gasteiger partial charge in [-0.05, 0) is 23.8 Å². The third-order valence-electron chi connectivity index (χ3n) is 3.63. The van der Waals surface area contributed by atoms with Crippen molar-refractivity contribution in [3.8, 4) is 11.3 Å². The summed E-state index contributed by atoms with van der Waals surface area (Å²) in [6.07, 6.45) is 0. The van der Waals surface area contributed by atoms with Gasteiger partial charge in [0.25, 0.3) is 5.56 Å². The van der Waals surface area contributed by atoms with Crippen molar-refractivity contribution in [2.75, 3.05) is 0 Å². The predicted octanol–water partition coefficient (Wildman–Crippen LogP) is 2.88. The monoisotopic (exact) mass is 353 g/mol. The molecule has 0 radical (unpaired) electrons. The van der Waals surface area contributed by atoms with Crippen LogP contribution < -0.4 is 10.9 Å². The van der Waals surface area contributed by atoms with Crippen LogP contribution in [0.3, 0.4) is 0 Å². The molecule has 25 heavy (non-hydrogen) atoms. The van der Waals surface area contributed by atoms with Crippen LogP contribution in [-0.4, -0.2) is 15.7 Å². The van der Waals surface area contributed by atoms with Crippen LogP contribution in [0.5, 0.6) is 0 Å². The number of carbonyl (C=O) groups excluding carboxylic acids is 1. The summed E-state index contributed by atoms with van der Waals surface area (Å²) in [6, 6.07) is 19.7. The zero-order chi connectivity index (χ0) is 17.6. The minimum absolute atomic E-state index is 0.132. The number of nitrogens with zero attached hydrogens (tertiary/aromatic N) is 2. The molecule has 0 aliphatic carbocycles. The highest BCUT2D eigenvalue weighted by atomic mass is 35.5. The highest BCUT2D eigenvalue weighted by molar-refractivity contribution is 6.30. The highest BCUT2D eigenvalue weighted by Gasteiger charge is 2.08. The number of benzene rings is 2. The third-order valence-corrected chi connectivity index (χ3v) is 3.88. The lowest BCUT2D eigenvalue weighted by Crippen LogP contribution is -2.33. The zero-order valence-corrected chi connectivity index (χ0v) is 14.1. The Morgan fingerprint density at radius 1 is 1.00 bits per heavy atom. The highest BCUT2D eigenvalue weighted by Crippen LogP contribution is 2.18. The average molecular weight is 354 g/mol. The molecular formula is C19H16ClN3O2. The number of aromatic nitrogens is 2. The summed E-state index contributed by atoms with van der Waals surface area (Å²) in [5, 5.41) is 7.68. The van der Waals surface area contributed by atoms with Crippen LogP contribution in [0.15, 0.2) is 71.5 Å². The van der Waals surface area contributed by atoms with E-state index in [-0.39, 0.29) is 18.0 Å². The van der Waals surface area contributed by atoms with Gasteiger partial charge in [-0.2, -0.15) is 5.10 Å². The molecule has 0 aliphatic heterocycles. The van der Waals surface area contributed by atoms with Crippen LogP contribution in [0.2, 0.25) is 5.02 Å². The lowest BCUT2D eigenvalue weighted by atomic mass is 10.1. The molecule has 5 nitrogen and oxygen atoms in total. The smallest absolute Gasteiger partial charge is 0.267 e. The topological polar surface area (TPSA) is 64.0 Å². The van der Waals surface area contributed by atoms with Gasteiger partial charge in [0, 0.05) is 23.2 Å². The van der Waals surface area contributed by atoms with Gasteiger partial charge in [0.05, 0.1) is 5.69 Å². The standard InChI is InChI=1S/C19H16ClN3O2/c20-16-8-6-15(7-9-16)17-10-11-19(25)23(22-17)13-18(24)21-12-14-4-2-1-3-5-14/h1-11H,12-13H2,(H,21,24). The maximum Gasteiger partial charge on any atom is 0.267 e. The molecule has 6 heteroatoms. The Morgan fingerprint density at radius 3 is 2.44 bits per heavy atom. The molecule has 1 aromatic heterocycles. The molecule has 0 spiro atoms. The van der Waals surface area contributed by atoms with E-state index in [4.69, 9.17) is 11.6 Å². The normalized spacial score (nSPS) is 10.4. The largest absolute Gasteiger partial charge is 0.350 e. The Hall–Kier alpha value is -2.92. The number of amides is 1. The van der Waals surface area contributed by atoms with Crippen LogP contribution >= 0.6 is 11.6 Å². The summed E-state index contributed by atoms with van der Waals surface area (Å²) in [7, 11) is 0. The van der Waals surface area contributed by atoms with E-state index in [9.17, 15) is 9.59 Å². The SMILES string of the molecule is O=C(Cn1nc(-c2ccc(Cl)cc2)ccc1=O)NCc1ccccc1. The molecule has 3 rings (SSSR count). The number of hydrogen-bond donors (Lipinski definition) is 1. The van der Waals surface area contributed by atoms with Crippen molar-refractivity contribution in [3.05, 3.63) is 87.7 Å². The first kappa shape index (κ1) is 16.9. The minimum Gasteiger partial charge on any atom is -0.350 e. The van der Waals surface area contributed by atoms with Crippen LogP contribution in [-0.2, 0) is 17.9 Å². The van der Waals surface area contributed by atoms with Crippen molar-refractivity contribution in [3.63, 3.8) is 0 Å². The second kappa shape index (κ2) is 7.77. The summed E-state index contributed by atoms with van der Waals surface area (Å²) in [5.41, 5.74) is 2.09. The van der Waals surface area contributed by atoms with Gasteiger partial charge < -0.3 is 5.32 Å². The quantitative estimate of drug-likeness (QED) is 0.767. The maximum absolute atomic E-state index is 12.1. The van der Waals surface area contributed by atoms with E-state index in [0.29, 0.717) is 17.3 Å². The number of halogens is 1. The van der Waals surface area contributed by atoms with Crippen LogP contribution in [0, 0.1) is 0 Å². The van der Waals surface area contributed by atoms with Gasteiger partial charge >= 0.3 is 0 Å². The fourth-order valence-electron chi connectivity index (χ4n) is 2.33. The summed E-state index contributed by atoms with van der Waals surface area (Å²) in [6.45, 7) is 0.276. The summed E-state index contributed by atoms with van der Waals surface area (Å²) >= 11 is 5.88. The van der Waals surface area contributed by atoms with E-state index in [1.807, 2.05) is 42.5 Å². The van der Waals surface area contributed by atoms with Crippen molar-refractivity contribution in [1.82, 2.24) is 15.1 Å². The van der Waals surface area contributed by atoms with Gasteiger partial charge in [0.2, 0.25) is 5.91 Å².